The number of benzene rings is 1. The van der Waals surface area contributed by atoms with Gasteiger partial charge in [0.25, 0.3) is 0 Å². The van der Waals surface area contributed by atoms with E-state index in [-0.39, 0.29) is 30.6 Å². The third kappa shape index (κ3) is 5.30. The highest BCUT2D eigenvalue weighted by molar-refractivity contribution is 9.10. The van der Waals surface area contributed by atoms with Crippen molar-refractivity contribution in [3.63, 3.8) is 0 Å². The van der Waals surface area contributed by atoms with E-state index in [2.05, 4.69) is 31.2 Å². The number of carbonyl (C=O) groups is 2. The van der Waals surface area contributed by atoms with Gasteiger partial charge in [0.05, 0.1) is 11.7 Å². The highest BCUT2D eigenvalue weighted by Crippen LogP contribution is 2.25. The SMILES string of the molecule is CC(NC(=O)CCC(=O)c1ccc(Br)cc1)c1nc(-c2ccncc2)cs1. The van der Waals surface area contributed by atoms with Gasteiger partial charge >= 0.3 is 0 Å². The second-order valence-electron chi connectivity index (χ2n) is 6.03. The summed E-state index contributed by atoms with van der Waals surface area (Å²) in [6.07, 6.45) is 3.78. The van der Waals surface area contributed by atoms with Crippen LogP contribution in [0.1, 0.15) is 41.2 Å². The molecule has 3 aromatic rings. The fourth-order valence-electron chi connectivity index (χ4n) is 2.52. The van der Waals surface area contributed by atoms with Gasteiger partial charge in [-0.3, -0.25) is 14.6 Å². The average molecular weight is 444 g/mol. The van der Waals surface area contributed by atoms with Gasteiger partial charge in [0.15, 0.2) is 5.78 Å². The van der Waals surface area contributed by atoms with Crippen molar-refractivity contribution in [1.29, 1.82) is 0 Å². The summed E-state index contributed by atoms with van der Waals surface area (Å²) in [6, 6.07) is 10.7. The maximum atomic E-state index is 12.2. The molecule has 27 heavy (non-hydrogen) atoms. The molecule has 0 saturated carbocycles. The minimum absolute atomic E-state index is 0.0421. The Morgan fingerprint density at radius 3 is 2.52 bits per heavy atom. The molecule has 0 bridgehead atoms. The Bertz CT molecular complexity index is 926. The van der Waals surface area contributed by atoms with Crippen LogP contribution in [-0.2, 0) is 4.79 Å². The van der Waals surface area contributed by atoms with Gasteiger partial charge in [0.1, 0.15) is 5.01 Å². The van der Waals surface area contributed by atoms with Crippen molar-refractivity contribution in [3.05, 3.63) is 69.2 Å². The summed E-state index contributed by atoms with van der Waals surface area (Å²) in [5.74, 6) is -0.201. The Kier molecular flexibility index (Phi) is 6.47. The number of pyridine rings is 1. The number of nitrogens with one attached hydrogen (secondary N) is 1. The summed E-state index contributed by atoms with van der Waals surface area (Å²) in [4.78, 5) is 32.9. The van der Waals surface area contributed by atoms with Crippen molar-refractivity contribution in [2.75, 3.05) is 0 Å². The van der Waals surface area contributed by atoms with Gasteiger partial charge in [0.2, 0.25) is 5.91 Å². The molecule has 0 spiro atoms. The van der Waals surface area contributed by atoms with E-state index in [0.29, 0.717) is 5.56 Å². The van der Waals surface area contributed by atoms with Gasteiger partial charge in [0, 0.05) is 46.2 Å². The normalized spacial score (nSPS) is 11.8. The van der Waals surface area contributed by atoms with Crippen molar-refractivity contribution in [3.8, 4) is 11.3 Å². The van der Waals surface area contributed by atoms with Crippen LogP contribution in [0, 0.1) is 0 Å². The van der Waals surface area contributed by atoms with Crippen LogP contribution in [0.25, 0.3) is 11.3 Å². The molecule has 1 amide bonds. The summed E-state index contributed by atoms with van der Waals surface area (Å²) in [6.45, 7) is 1.89. The van der Waals surface area contributed by atoms with E-state index >= 15 is 0 Å². The quantitative estimate of drug-likeness (QED) is 0.531. The van der Waals surface area contributed by atoms with Crippen molar-refractivity contribution in [2.45, 2.75) is 25.8 Å². The third-order valence-electron chi connectivity index (χ3n) is 3.99. The lowest BCUT2D eigenvalue weighted by Gasteiger charge is -2.11. The summed E-state index contributed by atoms with van der Waals surface area (Å²) < 4.78 is 0.917. The number of ketones is 1. The van der Waals surface area contributed by atoms with Crippen LogP contribution in [0.4, 0.5) is 0 Å². The van der Waals surface area contributed by atoms with Crippen molar-refractivity contribution < 1.29 is 9.59 Å². The molecule has 2 heterocycles. The number of rotatable bonds is 7. The lowest BCUT2D eigenvalue weighted by Crippen LogP contribution is -2.26. The summed E-state index contributed by atoms with van der Waals surface area (Å²) in [5.41, 5.74) is 2.47. The number of aromatic nitrogens is 2. The summed E-state index contributed by atoms with van der Waals surface area (Å²) in [7, 11) is 0. The maximum absolute atomic E-state index is 12.2. The zero-order valence-electron chi connectivity index (χ0n) is 14.7. The molecular formula is C20H18BrN3O2S. The summed E-state index contributed by atoms with van der Waals surface area (Å²) >= 11 is 4.84. The van der Waals surface area contributed by atoms with Crippen molar-refractivity contribution in [1.82, 2.24) is 15.3 Å². The number of hydrogen-bond acceptors (Lipinski definition) is 5. The molecule has 2 aromatic heterocycles. The Hall–Kier alpha value is -2.38. The number of Topliss-reactive ketones (excluding diaryl/α,β-unsaturated/α-hetero) is 1. The summed E-state index contributed by atoms with van der Waals surface area (Å²) in [5, 5.41) is 5.70. The molecule has 0 aliphatic rings. The molecule has 1 aromatic carbocycles. The lowest BCUT2D eigenvalue weighted by molar-refractivity contribution is -0.121. The van der Waals surface area contributed by atoms with Crippen molar-refractivity contribution >= 4 is 39.0 Å². The first kappa shape index (κ1) is 19.4. The number of hydrogen-bond donors (Lipinski definition) is 1. The monoisotopic (exact) mass is 443 g/mol. The molecule has 1 atom stereocenters. The molecule has 7 heteroatoms. The van der Waals surface area contributed by atoms with Crippen molar-refractivity contribution in [2.24, 2.45) is 0 Å². The average Bonchev–Trinajstić information content (AvgIpc) is 3.18. The minimum Gasteiger partial charge on any atom is -0.347 e. The van der Waals surface area contributed by atoms with E-state index < -0.39 is 0 Å². The number of amides is 1. The molecule has 0 fully saturated rings. The van der Waals surface area contributed by atoms with E-state index in [0.717, 1.165) is 20.7 Å². The second kappa shape index (κ2) is 9.01. The first-order valence-corrected chi connectivity index (χ1v) is 10.1. The van der Waals surface area contributed by atoms with Gasteiger partial charge in [-0.15, -0.1) is 11.3 Å². The van der Waals surface area contributed by atoms with E-state index in [1.807, 2.05) is 36.6 Å². The zero-order chi connectivity index (χ0) is 19.2. The number of halogens is 1. The molecule has 0 radical (unpaired) electrons. The molecule has 3 rings (SSSR count). The van der Waals surface area contributed by atoms with E-state index in [9.17, 15) is 9.59 Å². The van der Waals surface area contributed by atoms with Gasteiger partial charge < -0.3 is 5.32 Å². The smallest absolute Gasteiger partial charge is 0.221 e. The van der Waals surface area contributed by atoms with Gasteiger partial charge in [-0.2, -0.15) is 0 Å². The second-order valence-corrected chi connectivity index (χ2v) is 7.83. The third-order valence-corrected chi connectivity index (χ3v) is 5.55. The van der Waals surface area contributed by atoms with E-state index in [4.69, 9.17) is 0 Å². The Morgan fingerprint density at radius 1 is 1.11 bits per heavy atom. The molecule has 0 aliphatic carbocycles. The first-order chi connectivity index (χ1) is 13.0. The van der Waals surface area contributed by atoms with Crippen LogP contribution in [0.5, 0.6) is 0 Å². The molecule has 138 valence electrons. The Labute approximate surface area is 170 Å². The standard InChI is InChI=1S/C20H18BrN3O2S/c1-13(20-24-17(12-27-20)14-8-10-22-11-9-14)23-19(26)7-6-18(25)15-2-4-16(21)5-3-15/h2-5,8-13H,6-7H2,1H3,(H,23,26). The molecule has 0 aliphatic heterocycles. The fraction of sp³-hybridized carbons (Fsp3) is 0.200. The topological polar surface area (TPSA) is 72.0 Å². The Morgan fingerprint density at radius 2 is 1.81 bits per heavy atom. The number of thiazole rings is 1. The zero-order valence-corrected chi connectivity index (χ0v) is 17.1. The lowest BCUT2D eigenvalue weighted by atomic mass is 10.1. The van der Waals surface area contributed by atoms with Crippen LogP contribution < -0.4 is 5.32 Å². The maximum Gasteiger partial charge on any atom is 0.221 e. The minimum atomic E-state index is -0.208. The van der Waals surface area contributed by atoms with Crippen LogP contribution in [0.15, 0.2) is 58.6 Å². The highest BCUT2D eigenvalue weighted by atomic mass is 79.9. The molecule has 5 nitrogen and oxygen atoms in total. The largest absolute Gasteiger partial charge is 0.347 e. The molecule has 1 N–H and O–H groups in total. The van der Waals surface area contributed by atoms with Crippen LogP contribution in [-0.4, -0.2) is 21.7 Å². The predicted molar refractivity (Wildman–Crippen MR) is 110 cm³/mol. The van der Waals surface area contributed by atoms with E-state index in [1.54, 1.807) is 24.5 Å². The van der Waals surface area contributed by atoms with Crippen LogP contribution in [0.3, 0.4) is 0 Å². The van der Waals surface area contributed by atoms with Gasteiger partial charge in [-0.1, -0.05) is 28.1 Å². The Balaban J connectivity index is 1.52. The van der Waals surface area contributed by atoms with Gasteiger partial charge in [-0.05, 0) is 31.2 Å². The highest BCUT2D eigenvalue weighted by Gasteiger charge is 2.15. The van der Waals surface area contributed by atoms with Crippen LogP contribution >= 0.6 is 27.3 Å². The number of carbonyl (C=O) groups excluding carboxylic acids is 2. The number of nitrogens with zero attached hydrogens (tertiary/aromatic N) is 2. The molecule has 1 unspecified atom stereocenters. The molecular weight excluding hydrogens is 426 g/mol. The molecule has 0 saturated heterocycles. The van der Waals surface area contributed by atoms with Crippen LogP contribution in [0.2, 0.25) is 0 Å². The fourth-order valence-corrected chi connectivity index (χ4v) is 3.62. The first-order valence-electron chi connectivity index (χ1n) is 8.47. The van der Waals surface area contributed by atoms with Gasteiger partial charge in [-0.25, -0.2) is 4.98 Å². The van der Waals surface area contributed by atoms with E-state index in [1.165, 1.54) is 11.3 Å². The predicted octanol–water partition coefficient (Wildman–Crippen LogP) is 4.81.